The van der Waals surface area contributed by atoms with Gasteiger partial charge in [-0.2, -0.15) is 0 Å². The van der Waals surface area contributed by atoms with Gasteiger partial charge >= 0.3 is 6.03 Å². The summed E-state index contributed by atoms with van der Waals surface area (Å²) in [4.78, 5) is 26.8. The van der Waals surface area contributed by atoms with Gasteiger partial charge in [0.15, 0.2) is 0 Å². The van der Waals surface area contributed by atoms with Crippen molar-refractivity contribution in [1.82, 2.24) is 15.5 Å². The minimum absolute atomic E-state index is 0.0810. The van der Waals surface area contributed by atoms with Crippen LogP contribution in [0.15, 0.2) is 18.2 Å². The molecule has 27 heavy (non-hydrogen) atoms. The standard InChI is InChI=1S/C20H29N3O4/c1-13(17-11-16(26-2)8-9-18(17)27-3)21-20(25)23-10-4-5-14(12-23)19(24)22-15-6-7-15/h8-9,11,13-15H,4-7,10,12H2,1-3H3,(H,21,25)(H,22,24)/t13-,14-/m1/s1. The van der Waals surface area contributed by atoms with Crippen LogP contribution in [0.2, 0.25) is 0 Å². The Kier molecular flexibility index (Phi) is 6.08. The largest absolute Gasteiger partial charge is 0.497 e. The lowest BCUT2D eigenvalue weighted by Gasteiger charge is -2.33. The zero-order valence-corrected chi connectivity index (χ0v) is 16.3. The molecular formula is C20H29N3O4. The lowest BCUT2D eigenvalue weighted by molar-refractivity contribution is -0.126. The van der Waals surface area contributed by atoms with Gasteiger partial charge in [0.2, 0.25) is 5.91 Å². The highest BCUT2D eigenvalue weighted by atomic mass is 16.5. The summed E-state index contributed by atoms with van der Waals surface area (Å²) in [6.45, 7) is 3.05. The van der Waals surface area contributed by atoms with Crippen LogP contribution < -0.4 is 20.1 Å². The molecule has 1 heterocycles. The topological polar surface area (TPSA) is 79.9 Å². The molecule has 7 nitrogen and oxygen atoms in total. The van der Waals surface area contributed by atoms with E-state index in [1.54, 1.807) is 19.1 Å². The first-order valence-corrected chi connectivity index (χ1v) is 9.59. The van der Waals surface area contributed by atoms with Crippen LogP contribution in [0, 0.1) is 5.92 Å². The fourth-order valence-electron chi connectivity index (χ4n) is 3.45. The second-order valence-corrected chi connectivity index (χ2v) is 7.35. The van der Waals surface area contributed by atoms with Crippen molar-refractivity contribution in [3.8, 4) is 11.5 Å². The number of rotatable bonds is 6. The Morgan fingerprint density at radius 1 is 1.19 bits per heavy atom. The maximum absolute atomic E-state index is 12.7. The number of amides is 3. The van der Waals surface area contributed by atoms with Crippen LogP contribution in [0.5, 0.6) is 11.5 Å². The third-order valence-electron chi connectivity index (χ3n) is 5.25. The Labute approximate surface area is 160 Å². The number of benzene rings is 1. The molecule has 0 spiro atoms. The summed E-state index contributed by atoms with van der Waals surface area (Å²) < 4.78 is 10.7. The second-order valence-electron chi connectivity index (χ2n) is 7.35. The van der Waals surface area contributed by atoms with Gasteiger partial charge in [0.25, 0.3) is 0 Å². The van der Waals surface area contributed by atoms with E-state index in [1.807, 2.05) is 25.1 Å². The van der Waals surface area contributed by atoms with Gasteiger partial charge in [-0.1, -0.05) is 0 Å². The summed E-state index contributed by atoms with van der Waals surface area (Å²) in [5.41, 5.74) is 0.852. The zero-order chi connectivity index (χ0) is 19.4. The molecule has 1 saturated heterocycles. The monoisotopic (exact) mass is 375 g/mol. The molecule has 2 fully saturated rings. The number of piperidine rings is 1. The average Bonchev–Trinajstić information content (AvgIpc) is 3.51. The van der Waals surface area contributed by atoms with E-state index in [0.29, 0.717) is 30.6 Å². The molecule has 1 aromatic carbocycles. The van der Waals surface area contributed by atoms with Crippen molar-refractivity contribution in [2.45, 2.75) is 44.7 Å². The number of hydrogen-bond donors (Lipinski definition) is 2. The fourth-order valence-corrected chi connectivity index (χ4v) is 3.45. The van der Waals surface area contributed by atoms with E-state index in [2.05, 4.69) is 10.6 Å². The molecule has 7 heteroatoms. The van der Waals surface area contributed by atoms with Gasteiger partial charge in [0.05, 0.1) is 26.2 Å². The number of urea groups is 1. The third-order valence-corrected chi connectivity index (χ3v) is 5.25. The predicted octanol–water partition coefficient (Wildman–Crippen LogP) is 2.46. The predicted molar refractivity (Wildman–Crippen MR) is 102 cm³/mol. The van der Waals surface area contributed by atoms with Gasteiger partial charge in [-0.25, -0.2) is 4.79 Å². The van der Waals surface area contributed by atoms with E-state index in [4.69, 9.17) is 9.47 Å². The Hall–Kier alpha value is -2.44. The van der Waals surface area contributed by atoms with Gasteiger partial charge in [-0.3, -0.25) is 4.79 Å². The third kappa shape index (κ3) is 4.84. The first-order chi connectivity index (χ1) is 13.0. The number of nitrogens with zero attached hydrogens (tertiary/aromatic N) is 1. The Morgan fingerprint density at radius 3 is 2.63 bits per heavy atom. The molecule has 1 aromatic rings. The highest BCUT2D eigenvalue weighted by molar-refractivity contribution is 5.81. The first kappa shape index (κ1) is 19.3. The van der Waals surface area contributed by atoms with Gasteiger partial charge in [-0.05, 0) is 50.8 Å². The maximum Gasteiger partial charge on any atom is 0.317 e. The number of carbonyl (C=O) groups is 2. The molecule has 0 bridgehead atoms. The molecule has 2 atom stereocenters. The first-order valence-electron chi connectivity index (χ1n) is 9.59. The molecule has 2 N–H and O–H groups in total. The molecule has 2 aliphatic rings. The van der Waals surface area contributed by atoms with Crippen LogP contribution in [0.1, 0.15) is 44.2 Å². The van der Waals surface area contributed by atoms with Crippen LogP contribution in [0.4, 0.5) is 4.79 Å². The highest BCUT2D eigenvalue weighted by Gasteiger charge is 2.32. The Morgan fingerprint density at radius 2 is 1.96 bits per heavy atom. The molecule has 3 rings (SSSR count). The number of carbonyl (C=O) groups excluding carboxylic acids is 2. The van der Waals surface area contributed by atoms with Crippen molar-refractivity contribution in [3.05, 3.63) is 23.8 Å². The summed E-state index contributed by atoms with van der Waals surface area (Å²) in [5, 5.41) is 6.07. The summed E-state index contributed by atoms with van der Waals surface area (Å²) in [7, 11) is 3.21. The minimum atomic E-state index is -0.247. The molecule has 1 aliphatic carbocycles. The van der Waals surface area contributed by atoms with Crippen molar-refractivity contribution in [1.29, 1.82) is 0 Å². The highest BCUT2D eigenvalue weighted by Crippen LogP contribution is 2.29. The molecule has 1 aliphatic heterocycles. The van der Waals surface area contributed by atoms with Crippen molar-refractivity contribution >= 4 is 11.9 Å². The molecule has 1 saturated carbocycles. The Bertz CT molecular complexity index is 690. The van der Waals surface area contributed by atoms with Crippen LogP contribution in [0.3, 0.4) is 0 Å². The van der Waals surface area contributed by atoms with Crippen molar-refractivity contribution in [2.24, 2.45) is 5.92 Å². The van der Waals surface area contributed by atoms with E-state index in [9.17, 15) is 9.59 Å². The number of likely N-dealkylation sites (tertiary alicyclic amines) is 1. The van der Waals surface area contributed by atoms with Crippen LogP contribution in [-0.2, 0) is 4.79 Å². The quantitative estimate of drug-likeness (QED) is 0.800. The Balaban J connectivity index is 1.61. The van der Waals surface area contributed by atoms with E-state index in [-0.39, 0.29) is 23.9 Å². The van der Waals surface area contributed by atoms with Crippen molar-refractivity contribution in [3.63, 3.8) is 0 Å². The molecule has 0 aromatic heterocycles. The molecule has 148 valence electrons. The normalized spacial score (nSPS) is 20.6. The lowest BCUT2D eigenvalue weighted by Crippen LogP contribution is -2.49. The summed E-state index contributed by atoms with van der Waals surface area (Å²) in [6.07, 6.45) is 3.82. The summed E-state index contributed by atoms with van der Waals surface area (Å²) in [6, 6.07) is 5.47. The average molecular weight is 375 g/mol. The number of hydrogen-bond acceptors (Lipinski definition) is 4. The second kappa shape index (κ2) is 8.50. The smallest absolute Gasteiger partial charge is 0.317 e. The van der Waals surface area contributed by atoms with Crippen LogP contribution in [0.25, 0.3) is 0 Å². The van der Waals surface area contributed by atoms with E-state index < -0.39 is 0 Å². The zero-order valence-electron chi connectivity index (χ0n) is 16.3. The molecule has 0 unspecified atom stereocenters. The van der Waals surface area contributed by atoms with E-state index in [1.165, 1.54) is 0 Å². The van der Waals surface area contributed by atoms with Crippen molar-refractivity contribution in [2.75, 3.05) is 27.3 Å². The number of nitrogens with one attached hydrogen (secondary N) is 2. The van der Waals surface area contributed by atoms with E-state index >= 15 is 0 Å². The molecule has 0 radical (unpaired) electrons. The number of ether oxygens (including phenoxy) is 2. The minimum Gasteiger partial charge on any atom is -0.497 e. The van der Waals surface area contributed by atoms with Crippen LogP contribution >= 0.6 is 0 Å². The van der Waals surface area contributed by atoms with Gasteiger partial charge < -0.3 is 25.0 Å². The maximum atomic E-state index is 12.7. The SMILES string of the molecule is COc1ccc(OC)c([C@@H](C)NC(=O)N2CCC[C@@H](C(=O)NC3CC3)C2)c1. The van der Waals surface area contributed by atoms with Crippen LogP contribution in [-0.4, -0.2) is 50.2 Å². The van der Waals surface area contributed by atoms with Gasteiger partial charge in [0.1, 0.15) is 11.5 Å². The van der Waals surface area contributed by atoms with Crippen molar-refractivity contribution < 1.29 is 19.1 Å². The molecule has 3 amide bonds. The number of methoxy groups -OCH3 is 2. The summed E-state index contributed by atoms with van der Waals surface area (Å²) in [5.74, 6) is 1.37. The lowest BCUT2D eigenvalue weighted by atomic mass is 9.97. The fraction of sp³-hybridized carbons (Fsp3) is 0.600. The molecular weight excluding hydrogens is 346 g/mol. The summed E-state index contributed by atoms with van der Waals surface area (Å²) >= 11 is 0. The van der Waals surface area contributed by atoms with E-state index in [0.717, 1.165) is 31.2 Å². The van der Waals surface area contributed by atoms with Gasteiger partial charge in [0, 0.05) is 24.7 Å². The van der Waals surface area contributed by atoms with Gasteiger partial charge in [-0.15, -0.1) is 0 Å².